The number of nitrogens with two attached hydrogens (primary N) is 1. The number of nitrogens with one attached hydrogen (secondary N) is 1. The minimum absolute atomic E-state index is 0.292. The summed E-state index contributed by atoms with van der Waals surface area (Å²) in [6.45, 7) is 5.10. The lowest BCUT2D eigenvalue weighted by Gasteiger charge is -2.35. The van der Waals surface area contributed by atoms with Gasteiger partial charge in [-0.15, -0.1) is 0 Å². The van der Waals surface area contributed by atoms with Gasteiger partial charge in [-0.1, -0.05) is 31.0 Å². The van der Waals surface area contributed by atoms with Gasteiger partial charge in [-0.2, -0.15) is 0 Å². The summed E-state index contributed by atoms with van der Waals surface area (Å²) in [6.07, 6.45) is 4.60. The lowest BCUT2D eigenvalue weighted by Crippen LogP contribution is -2.50. The summed E-state index contributed by atoms with van der Waals surface area (Å²) in [5.74, 6) is 1.12. The molecule has 3 N–H and O–H groups in total. The van der Waals surface area contributed by atoms with Crippen molar-refractivity contribution in [2.75, 3.05) is 44.6 Å². The summed E-state index contributed by atoms with van der Waals surface area (Å²) in [4.78, 5) is 21.3. The maximum atomic E-state index is 12.4. The second-order valence-electron chi connectivity index (χ2n) is 6.91. The third-order valence-corrected chi connectivity index (χ3v) is 5.13. The first-order valence-corrected chi connectivity index (χ1v) is 9.35. The monoisotopic (exact) mass is 343 g/mol. The molecule has 3 rings (SSSR count). The number of piperazine rings is 1. The van der Waals surface area contributed by atoms with Crippen molar-refractivity contribution in [1.29, 1.82) is 0 Å². The zero-order valence-electron chi connectivity index (χ0n) is 14.9. The van der Waals surface area contributed by atoms with Gasteiger partial charge in [0.05, 0.1) is 6.54 Å². The molecule has 0 radical (unpaired) electrons. The van der Waals surface area contributed by atoms with Crippen molar-refractivity contribution in [2.24, 2.45) is 16.6 Å². The van der Waals surface area contributed by atoms with Gasteiger partial charge >= 0.3 is 0 Å². The van der Waals surface area contributed by atoms with Crippen LogP contribution in [0.25, 0.3) is 0 Å². The van der Waals surface area contributed by atoms with E-state index in [1.54, 1.807) is 0 Å². The Hall–Kier alpha value is -2.08. The van der Waals surface area contributed by atoms with Crippen LogP contribution in [0.4, 0.5) is 5.69 Å². The number of guanidine groups is 1. The van der Waals surface area contributed by atoms with Crippen LogP contribution in [0, 0.1) is 5.92 Å². The molecule has 6 heteroatoms. The van der Waals surface area contributed by atoms with Crippen LogP contribution in [0.15, 0.2) is 35.3 Å². The molecule has 0 aromatic heterocycles. The van der Waals surface area contributed by atoms with Crippen molar-refractivity contribution in [3.63, 3.8) is 0 Å². The van der Waals surface area contributed by atoms with E-state index in [0.717, 1.165) is 51.3 Å². The Bertz CT molecular complexity index is 575. The van der Waals surface area contributed by atoms with E-state index in [9.17, 15) is 4.79 Å². The third kappa shape index (κ3) is 5.19. The van der Waals surface area contributed by atoms with Crippen LogP contribution in [0.1, 0.15) is 25.7 Å². The van der Waals surface area contributed by atoms with E-state index in [4.69, 9.17) is 5.73 Å². The van der Waals surface area contributed by atoms with Gasteiger partial charge in [0.2, 0.25) is 5.91 Å². The topological polar surface area (TPSA) is 74.0 Å². The molecule has 1 amide bonds. The third-order valence-electron chi connectivity index (χ3n) is 5.13. The second-order valence-corrected chi connectivity index (χ2v) is 6.91. The zero-order chi connectivity index (χ0) is 17.5. The van der Waals surface area contributed by atoms with Crippen LogP contribution < -0.4 is 11.1 Å². The Morgan fingerprint density at radius 2 is 1.80 bits per heavy atom. The predicted molar refractivity (Wildman–Crippen MR) is 102 cm³/mol. The highest BCUT2D eigenvalue weighted by Crippen LogP contribution is 2.26. The predicted octanol–water partition coefficient (Wildman–Crippen LogP) is 1.75. The zero-order valence-corrected chi connectivity index (χ0v) is 14.9. The van der Waals surface area contributed by atoms with E-state index in [-0.39, 0.29) is 0 Å². The standard InChI is InChI=1S/C19H29N5O/c20-19(22-17-8-2-1-3-9-17)21-10-11-23-12-14-24(15-13-23)18(25)16-6-4-5-7-16/h1-3,8-9,16H,4-7,10-15H2,(H3,20,21,22). The van der Waals surface area contributed by atoms with Crippen LogP contribution in [-0.2, 0) is 4.79 Å². The molecule has 1 saturated carbocycles. The first-order chi connectivity index (χ1) is 12.2. The maximum Gasteiger partial charge on any atom is 0.225 e. The van der Waals surface area contributed by atoms with Crippen LogP contribution in [0.3, 0.4) is 0 Å². The molecule has 1 saturated heterocycles. The second kappa shape index (κ2) is 8.85. The maximum absolute atomic E-state index is 12.4. The summed E-state index contributed by atoms with van der Waals surface area (Å²) >= 11 is 0. The van der Waals surface area contributed by atoms with Crippen LogP contribution in [0.5, 0.6) is 0 Å². The van der Waals surface area contributed by atoms with Crippen molar-refractivity contribution in [3.05, 3.63) is 30.3 Å². The van der Waals surface area contributed by atoms with E-state index in [0.29, 0.717) is 24.3 Å². The van der Waals surface area contributed by atoms with Crippen LogP contribution >= 0.6 is 0 Å². The van der Waals surface area contributed by atoms with Crippen molar-refractivity contribution in [1.82, 2.24) is 9.80 Å². The van der Waals surface area contributed by atoms with E-state index in [2.05, 4.69) is 20.1 Å². The molecule has 1 heterocycles. The van der Waals surface area contributed by atoms with Gasteiger partial charge in [0, 0.05) is 44.3 Å². The van der Waals surface area contributed by atoms with Gasteiger partial charge in [-0.25, -0.2) is 0 Å². The molecular formula is C19H29N5O. The summed E-state index contributed by atoms with van der Waals surface area (Å²) in [5.41, 5.74) is 6.87. The fraction of sp³-hybridized carbons (Fsp3) is 0.579. The Morgan fingerprint density at radius 3 is 2.48 bits per heavy atom. The number of para-hydroxylation sites is 1. The highest BCUT2D eigenvalue weighted by molar-refractivity contribution is 5.92. The molecule has 0 bridgehead atoms. The summed E-state index contributed by atoms with van der Waals surface area (Å²) < 4.78 is 0. The van der Waals surface area contributed by atoms with E-state index in [1.165, 1.54) is 12.8 Å². The number of nitrogens with zero attached hydrogens (tertiary/aromatic N) is 3. The number of aliphatic imine (C=N–C) groups is 1. The number of carbonyl (C=O) groups excluding carboxylic acids is 1. The quantitative estimate of drug-likeness (QED) is 0.631. The van der Waals surface area contributed by atoms with Gasteiger partial charge < -0.3 is 16.0 Å². The highest BCUT2D eigenvalue weighted by atomic mass is 16.2. The SMILES string of the molecule is NC(=NCCN1CCN(C(=O)C2CCCC2)CC1)Nc1ccccc1. The number of carbonyl (C=O) groups is 1. The highest BCUT2D eigenvalue weighted by Gasteiger charge is 2.29. The summed E-state index contributed by atoms with van der Waals surface area (Å²) in [7, 11) is 0. The first-order valence-electron chi connectivity index (χ1n) is 9.35. The van der Waals surface area contributed by atoms with Crippen LogP contribution in [0.2, 0.25) is 0 Å². The molecule has 136 valence electrons. The molecule has 2 aliphatic rings. The Kier molecular flexibility index (Phi) is 6.28. The first kappa shape index (κ1) is 17.7. The van der Waals surface area contributed by atoms with Gasteiger partial charge in [-0.05, 0) is 25.0 Å². The minimum atomic E-state index is 0.292. The molecule has 1 aromatic carbocycles. The molecule has 6 nitrogen and oxygen atoms in total. The molecule has 0 spiro atoms. The molecule has 1 aliphatic carbocycles. The molecular weight excluding hydrogens is 314 g/mol. The van der Waals surface area contributed by atoms with Crippen molar-refractivity contribution in [2.45, 2.75) is 25.7 Å². The average Bonchev–Trinajstić information content (AvgIpc) is 3.17. The largest absolute Gasteiger partial charge is 0.370 e. The lowest BCUT2D eigenvalue weighted by molar-refractivity contribution is -0.137. The smallest absolute Gasteiger partial charge is 0.225 e. The Labute approximate surface area is 150 Å². The number of rotatable bonds is 5. The van der Waals surface area contributed by atoms with Crippen LogP contribution in [-0.4, -0.2) is 60.9 Å². The molecule has 0 atom stereocenters. The Morgan fingerprint density at radius 1 is 1.12 bits per heavy atom. The fourth-order valence-corrected chi connectivity index (χ4v) is 3.64. The number of benzene rings is 1. The number of hydrogen-bond donors (Lipinski definition) is 2. The summed E-state index contributed by atoms with van der Waals surface area (Å²) in [5, 5.41) is 3.09. The van der Waals surface area contributed by atoms with Gasteiger partial charge in [0.1, 0.15) is 0 Å². The number of amides is 1. The van der Waals surface area contributed by atoms with Crippen molar-refractivity contribution in [3.8, 4) is 0 Å². The van der Waals surface area contributed by atoms with Crippen molar-refractivity contribution >= 4 is 17.6 Å². The average molecular weight is 343 g/mol. The number of anilines is 1. The van der Waals surface area contributed by atoms with Gasteiger partial charge in [-0.3, -0.25) is 14.7 Å². The molecule has 2 fully saturated rings. The molecule has 0 unspecified atom stereocenters. The summed E-state index contributed by atoms with van der Waals surface area (Å²) in [6, 6.07) is 9.81. The van der Waals surface area contributed by atoms with Gasteiger partial charge in [0.25, 0.3) is 0 Å². The van der Waals surface area contributed by atoms with E-state index < -0.39 is 0 Å². The number of hydrogen-bond acceptors (Lipinski definition) is 3. The normalized spacial score (nSPS) is 20.0. The van der Waals surface area contributed by atoms with E-state index in [1.807, 2.05) is 30.3 Å². The fourth-order valence-electron chi connectivity index (χ4n) is 3.64. The molecule has 1 aliphatic heterocycles. The molecule has 1 aromatic rings. The minimum Gasteiger partial charge on any atom is -0.370 e. The van der Waals surface area contributed by atoms with E-state index >= 15 is 0 Å². The lowest BCUT2D eigenvalue weighted by atomic mass is 10.1. The Balaban J connectivity index is 1.36. The van der Waals surface area contributed by atoms with Crippen molar-refractivity contribution < 1.29 is 4.79 Å². The van der Waals surface area contributed by atoms with Gasteiger partial charge in [0.15, 0.2) is 5.96 Å². The molecule has 25 heavy (non-hydrogen) atoms.